The number of hydrogen-bond acceptors (Lipinski definition) is 4. The molecule has 1 aromatic rings. The van der Waals surface area contributed by atoms with Gasteiger partial charge in [-0.15, -0.1) is 11.3 Å². The smallest absolute Gasteiger partial charge is 0.261 e. The van der Waals surface area contributed by atoms with Gasteiger partial charge in [-0.3, -0.25) is 4.79 Å². The highest BCUT2D eigenvalue weighted by Gasteiger charge is 2.07. The molecule has 4 N–H and O–H groups in total. The van der Waals surface area contributed by atoms with E-state index >= 15 is 0 Å². The second-order valence-electron chi connectivity index (χ2n) is 3.05. The first kappa shape index (κ1) is 13.0. The van der Waals surface area contributed by atoms with Crippen molar-refractivity contribution in [3.05, 3.63) is 20.8 Å². The normalized spacial score (nSPS) is 11.4. The number of thiophene rings is 1. The minimum absolute atomic E-state index is 0.102. The van der Waals surface area contributed by atoms with E-state index in [-0.39, 0.29) is 11.7 Å². The summed E-state index contributed by atoms with van der Waals surface area (Å²) >= 11 is 4.67. The van der Waals surface area contributed by atoms with E-state index in [9.17, 15) is 4.79 Å². The van der Waals surface area contributed by atoms with Crippen LogP contribution in [0.15, 0.2) is 21.1 Å². The number of rotatable bonds is 5. The summed E-state index contributed by atoms with van der Waals surface area (Å²) in [5.41, 5.74) is 5.29. The monoisotopic (exact) mass is 305 g/mol. The first-order valence-electron chi connectivity index (χ1n) is 4.63. The SMILES string of the molecule is NC(CCCNC(=O)c1ccc(Br)s1)=NO. The third-order valence-corrected chi connectivity index (χ3v) is 3.44. The van der Waals surface area contributed by atoms with Crippen LogP contribution in [0.25, 0.3) is 0 Å². The van der Waals surface area contributed by atoms with E-state index in [2.05, 4.69) is 26.4 Å². The second-order valence-corrected chi connectivity index (χ2v) is 5.52. The zero-order chi connectivity index (χ0) is 12.0. The summed E-state index contributed by atoms with van der Waals surface area (Å²) in [6.45, 7) is 0.505. The number of amidine groups is 1. The predicted molar refractivity (Wildman–Crippen MR) is 67.0 cm³/mol. The maximum absolute atomic E-state index is 11.5. The van der Waals surface area contributed by atoms with Crippen molar-refractivity contribution in [3.63, 3.8) is 0 Å². The third-order valence-electron chi connectivity index (χ3n) is 1.82. The molecule has 0 saturated heterocycles. The maximum atomic E-state index is 11.5. The molecule has 0 radical (unpaired) electrons. The molecule has 0 spiro atoms. The van der Waals surface area contributed by atoms with Crippen molar-refractivity contribution in [2.75, 3.05) is 6.54 Å². The van der Waals surface area contributed by atoms with Crippen molar-refractivity contribution >= 4 is 39.0 Å². The Labute approximate surface area is 105 Å². The third kappa shape index (κ3) is 4.19. The number of carbonyl (C=O) groups excluding carboxylic acids is 1. The molecule has 0 fully saturated rings. The molecule has 0 aliphatic heterocycles. The first-order chi connectivity index (χ1) is 7.63. The van der Waals surface area contributed by atoms with Crippen molar-refractivity contribution in [1.82, 2.24) is 5.32 Å². The number of halogens is 1. The Morgan fingerprint density at radius 2 is 2.38 bits per heavy atom. The number of amides is 1. The molecule has 0 unspecified atom stereocenters. The van der Waals surface area contributed by atoms with Gasteiger partial charge in [0.2, 0.25) is 0 Å². The van der Waals surface area contributed by atoms with Crippen LogP contribution in [0.3, 0.4) is 0 Å². The zero-order valence-corrected chi connectivity index (χ0v) is 10.8. The Kier molecular flexibility index (Phi) is 5.27. The molecule has 0 bridgehead atoms. The van der Waals surface area contributed by atoms with E-state index in [0.717, 1.165) is 3.79 Å². The Morgan fingerprint density at radius 3 is 2.94 bits per heavy atom. The summed E-state index contributed by atoms with van der Waals surface area (Å²) in [5.74, 6) is 0.0725. The van der Waals surface area contributed by atoms with Crippen molar-refractivity contribution in [1.29, 1.82) is 0 Å². The fourth-order valence-electron chi connectivity index (χ4n) is 1.04. The number of nitrogens with one attached hydrogen (secondary N) is 1. The average molecular weight is 306 g/mol. The Bertz CT molecular complexity index is 392. The number of nitrogens with two attached hydrogens (primary N) is 1. The van der Waals surface area contributed by atoms with Crippen molar-refractivity contribution in [2.45, 2.75) is 12.8 Å². The number of nitrogens with zero attached hydrogens (tertiary/aromatic N) is 1. The molecule has 16 heavy (non-hydrogen) atoms. The van der Waals surface area contributed by atoms with E-state index in [0.29, 0.717) is 24.3 Å². The molecule has 5 nitrogen and oxygen atoms in total. The van der Waals surface area contributed by atoms with Gasteiger partial charge < -0.3 is 16.3 Å². The molecule has 0 atom stereocenters. The van der Waals surface area contributed by atoms with Crippen LogP contribution in [-0.4, -0.2) is 23.5 Å². The zero-order valence-electron chi connectivity index (χ0n) is 8.44. The van der Waals surface area contributed by atoms with E-state index in [1.54, 1.807) is 6.07 Å². The quantitative estimate of drug-likeness (QED) is 0.255. The largest absolute Gasteiger partial charge is 0.409 e. The Balaban J connectivity index is 2.26. The van der Waals surface area contributed by atoms with E-state index in [4.69, 9.17) is 10.9 Å². The van der Waals surface area contributed by atoms with Crippen molar-refractivity contribution in [2.24, 2.45) is 10.9 Å². The van der Waals surface area contributed by atoms with Crippen molar-refractivity contribution in [3.8, 4) is 0 Å². The fourth-order valence-corrected chi connectivity index (χ4v) is 2.35. The summed E-state index contributed by atoms with van der Waals surface area (Å²) in [6, 6.07) is 3.59. The van der Waals surface area contributed by atoms with Gasteiger partial charge in [-0.1, -0.05) is 5.16 Å². The molecule has 88 valence electrons. The van der Waals surface area contributed by atoms with Crippen LogP contribution in [0.2, 0.25) is 0 Å². The number of oxime groups is 1. The summed E-state index contributed by atoms with van der Waals surface area (Å²) in [7, 11) is 0. The van der Waals surface area contributed by atoms with Crippen LogP contribution in [0, 0.1) is 0 Å². The lowest BCUT2D eigenvalue weighted by Gasteiger charge is -2.02. The summed E-state index contributed by atoms with van der Waals surface area (Å²) in [6.07, 6.45) is 1.11. The summed E-state index contributed by atoms with van der Waals surface area (Å²) in [4.78, 5) is 12.2. The standard InChI is InChI=1S/C9H12BrN3O2S/c10-7-4-3-6(16-7)9(14)12-5-1-2-8(11)13-15/h3-4,15H,1-2,5H2,(H2,11,13)(H,12,14). The Hall–Kier alpha value is -1.08. The van der Waals surface area contributed by atoms with Gasteiger partial charge in [0.25, 0.3) is 5.91 Å². The summed E-state index contributed by atoms with van der Waals surface area (Å²) < 4.78 is 0.925. The number of hydrogen-bond donors (Lipinski definition) is 3. The van der Waals surface area contributed by atoms with Gasteiger partial charge in [-0.25, -0.2) is 0 Å². The number of carbonyl (C=O) groups is 1. The average Bonchev–Trinajstić information content (AvgIpc) is 2.70. The molecular weight excluding hydrogens is 294 g/mol. The van der Waals surface area contributed by atoms with Crippen LogP contribution < -0.4 is 11.1 Å². The minimum atomic E-state index is -0.102. The second kappa shape index (κ2) is 6.49. The molecule has 0 aromatic carbocycles. The van der Waals surface area contributed by atoms with Crippen molar-refractivity contribution < 1.29 is 10.0 Å². The van der Waals surface area contributed by atoms with E-state index in [1.807, 2.05) is 6.07 Å². The maximum Gasteiger partial charge on any atom is 0.261 e. The summed E-state index contributed by atoms with van der Waals surface area (Å²) in [5, 5.41) is 13.9. The molecule has 1 heterocycles. The lowest BCUT2D eigenvalue weighted by Crippen LogP contribution is -2.24. The molecule has 0 aliphatic carbocycles. The van der Waals surface area contributed by atoms with Gasteiger partial charge >= 0.3 is 0 Å². The molecule has 0 saturated carbocycles. The Morgan fingerprint density at radius 1 is 1.62 bits per heavy atom. The van der Waals surface area contributed by atoms with Gasteiger partial charge in [-0.2, -0.15) is 0 Å². The van der Waals surface area contributed by atoms with Crippen LogP contribution in [-0.2, 0) is 0 Å². The van der Waals surface area contributed by atoms with Gasteiger partial charge in [0.1, 0.15) is 5.84 Å². The molecule has 1 aromatic heterocycles. The van der Waals surface area contributed by atoms with Crippen LogP contribution >= 0.6 is 27.3 Å². The molecule has 7 heteroatoms. The van der Waals surface area contributed by atoms with E-state index in [1.165, 1.54) is 11.3 Å². The van der Waals surface area contributed by atoms with Gasteiger partial charge in [0.05, 0.1) is 8.66 Å². The lowest BCUT2D eigenvalue weighted by atomic mass is 10.3. The predicted octanol–water partition coefficient (Wildman–Crippen LogP) is 1.77. The van der Waals surface area contributed by atoms with Crippen LogP contribution in [0.5, 0.6) is 0 Å². The fraction of sp³-hybridized carbons (Fsp3) is 0.333. The van der Waals surface area contributed by atoms with Crippen LogP contribution in [0.1, 0.15) is 22.5 Å². The van der Waals surface area contributed by atoms with Gasteiger partial charge in [0.15, 0.2) is 0 Å². The lowest BCUT2D eigenvalue weighted by molar-refractivity contribution is 0.0957. The highest BCUT2D eigenvalue weighted by atomic mass is 79.9. The van der Waals surface area contributed by atoms with Gasteiger partial charge in [-0.05, 0) is 34.5 Å². The van der Waals surface area contributed by atoms with E-state index < -0.39 is 0 Å². The molecule has 0 aliphatic rings. The minimum Gasteiger partial charge on any atom is -0.409 e. The van der Waals surface area contributed by atoms with Crippen LogP contribution in [0.4, 0.5) is 0 Å². The molecule has 1 amide bonds. The molecule has 1 rings (SSSR count). The first-order valence-corrected chi connectivity index (χ1v) is 6.24. The molecular formula is C9H12BrN3O2S. The topological polar surface area (TPSA) is 87.7 Å². The highest BCUT2D eigenvalue weighted by Crippen LogP contribution is 2.21. The highest BCUT2D eigenvalue weighted by molar-refractivity contribution is 9.11. The van der Waals surface area contributed by atoms with Gasteiger partial charge in [0, 0.05) is 13.0 Å².